The van der Waals surface area contributed by atoms with Crippen molar-refractivity contribution < 1.29 is 4.42 Å². The molecule has 0 bridgehead atoms. The van der Waals surface area contributed by atoms with Crippen LogP contribution < -0.4 is 4.90 Å². The Balaban J connectivity index is 0.925. The number of hydrogen-bond donors (Lipinski definition) is 0. The number of fused-ring (bicyclic) bond motifs is 9. The van der Waals surface area contributed by atoms with Crippen LogP contribution in [0.15, 0.2) is 271 Å². The zero-order valence-electron chi connectivity index (χ0n) is 38.7. The standard InChI is InChI=1S/C68H44N2O/c1-2-16-45(17-3-1)48-36-41-55(66(44-48)70-64-29-11-8-24-59(64)60-25-9-12-30-65(60)70)46-32-37-51(38-33-46)69(52-39-34-47(35-40-52)56-27-15-28-62-61-26-10-13-31-67(61)71-68(56)62)53-20-14-19-49(42-53)63-43-50-18-4-5-21-54(50)57-22-6-7-23-58(57)63/h1-44H. The molecule has 0 aliphatic carbocycles. The fourth-order valence-corrected chi connectivity index (χ4v) is 11.1. The summed E-state index contributed by atoms with van der Waals surface area (Å²) >= 11 is 0. The van der Waals surface area contributed by atoms with Gasteiger partial charge in [-0.3, -0.25) is 0 Å². The molecule has 0 saturated carbocycles. The second kappa shape index (κ2) is 16.7. The second-order valence-electron chi connectivity index (χ2n) is 18.4. The van der Waals surface area contributed by atoms with Gasteiger partial charge in [-0.25, -0.2) is 0 Å². The zero-order chi connectivity index (χ0) is 46.8. The topological polar surface area (TPSA) is 21.3 Å². The molecular weight excluding hydrogens is 861 g/mol. The summed E-state index contributed by atoms with van der Waals surface area (Å²) in [4.78, 5) is 2.38. The summed E-state index contributed by atoms with van der Waals surface area (Å²) in [7, 11) is 0. The number of aromatic nitrogens is 1. The molecule has 0 aliphatic rings. The first-order valence-corrected chi connectivity index (χ1v) is 24.3. The predicted molar refractivity (Wildman–Crippen MR) is 299 cm³/mol. The summed E-state index contributed by atoms with van der Waals surface area (Å²) in [6.45, 7) is 0. The van der Waals surface area contributed by atoms with Crippen LogP contribution in [0.1, 0.15) is 0 Å². The highest BCUT2D eigenvalue weighted by atomic mass is 16.3. The highest BCUT2D eigenvalue weighted by molar-refractivity contribution is 6.14. The Kier molecular flexibility index (Phi) is 9.53. The van der Waals surface area contributed by atoms with Crippen LogP contribution in [-0.2, 0) is 0 Å². The van der Waals surface area contributed by atoms with Crippen LogP contribution in [0.2, 0.25) is 0 Å². The average molecular weight is 905 g/mol. The Morgan fingerprint density at radius 2 is 0.831 bits per heavy atom. The lowest BCUT2D eigenvalue weighted by Gasteiger charge is -2.27. The molecule has 0 spiro atoms. The maximum Gasteiger partial charge on any atom is 0.143 e. The molecule has 3 nitrogen and oxygen atoms in total. The number of nitrogens with zero attached hydrogens (tertiary/aromatic N) is 2. The number of anilines is 3. The van der Waals surface area contributed by atoms with Gasteiger partial charge in [0.2, 0.25) is 0 Å². The van der Waals surface area contributed by atoms with Gasteiger partial charge in [-0.2, -0.15) is 0 Å². The Labute approximate surface area is 411 Å². The van der Waals surface area contributed by atoms with Crippen molar-refractivity contribution in [3.63, 3.8) is 0 Å². The molecule has 14 rings (SSSR count). The van der Waals surface area contributed by atoms with Gasteiger partial charge in [0, 0.05) is 49.7 Å². The van der Waals surface area contributed by atoms with E-state index in [2.05, 4.69) is 264 Å². The lowest BCUT2D eigenvalue weighted by atomic mass is 9.93. The number of hydrogen-bond acceptors (Lipinski definition) is 2. The zero-order valence-corrected chi connectivity index (χ0v) is 38.7. The Morgan fingerprint density at radius 1 is 0.282 bits per heavy atom. The van der Waals surface area contributed by atoms with Gasteiger partial charge in [0.25, 0.3) is 0 Å². The first-order valence-electron chi connectivity index (χ1n) is 24.3. The Bertz CT molecular complexity index is 4280. The lowest BCUT2D eigenvalue weighted by Crippen LogP contribution is -2.10. The van der Waals surface area contributed by atoms with Crippen molar-refractivity contribution in [1.82, 2.24) is 4.57 Å². The first kappa shape index (κ1) is 40.6. The summed E-state index contributed by atoms with van der Waals surface area (Å²) in [5.74, 6) is 0. The highest BCUT2D eigenvalue weighted by Crippen LogP contribution is 2.44. The molecule has 2 heterocycles. The van der Waals surface area contributed by atoms with E-state index in [1.165, 1.54) is 60.0 Å². The van der Waals surface area contributed by atoms with Crippen LogP contribution >= 0.6 is 0 Å². The third-order valence-electron chi connectivity index (χ3n) is 14.4. The normalized spacial score (nSPS) is 11.7. The minimum Gasteiger partial charge on any atom is -0.455 e. The van der Waals surface area contributed by atoms with Gasteiger partial charge in [-0.15, -0.1) is 0 Å². The summed E-state index contributed by atoms with van der Waals surface area (Å²) in [6.07, 6.45) is 0. The van der Waals surface area contributed by atoms with E-state index in [1.807, 2.05) is 12.1 Å². The molecule has 14 aromatic rings. The van der Waals surface area contributed by atoms with Gasteiger partial charge >= 0.3 is 0 Å². The van der Waals surface area contributed by atoms with Crippen LogP contribution in [0.4, 0.5) is 17.1 Å². The third kappa shape index (κ3) is 6.82. The predicted octanol–water partition coefficient (Wildman–Crippen LogP) is 19.1. The van der Waals surface area contributed by atoms with Gasteiger partial charge in [-0.1, -0.05) is 200 Å². The van der Waals surface area contributed by atoms with Crippen molar-refractivity contribution in [2.75, 3.05) is 4.90 Å². The molecule has 3 heteroatoms. The minimum atomic E-state index is 0.898. The van der Waals surface area contributed by atoms with E-state index in [4.69, 9.17) is 4.42 Å². The smallest absolute Gasteiger partial charge is 0.143 e. The van der Waals surface area contributed by atoms with Gasteiger partial charge < -0.3 is 13.9 Å². The van der Waals surface area contributed by atoms with E-state index in [9.17, 15) is 0 Å². The fourth-order valence-electron chi connectivity index (χ4n) is 11.1. The molecule has 0 N–H and O–H groups in total. The van der Waals surface area contributed by atoms with Crippen molar-refractivity contribution in [2.24, 2.45) is 0 Å². The fraction of sp³-hybridized carbons (Fsp3) is 0. The molecule has 2 aromatic heterocycles. The number of benzene rings is 12. The van der Waals surface area contributed by atoms with Crippen molar-refractivity contribution >= 4 is 82.4 Å². The summed E-state index contributed by atoms with van der Waals surface area (Å²) in [5.41, 5.74) is 17.7. The maximum atomic E-state index is 6.51. The molecule has 0 fully saturated rings. The van der Waals surface area contributed by atoms with Gasteiger partial charge in [0.1, 0.15) is 11.2 Å². The highest BCUT2D eigenvalue weighted by Gasteiger charge is 2.20. The lowest BCUT2D eigenvalue weighted by molar-refractivity contribution is 0.670. The second-order valence-corrected chi connectivity index (χ2v) is 18.4. The van der Waals surface area contributed by atoms with Crippen LogP contribution in [0.3, 0.4) is 0 Å². The monoisotopic (exact) mass is 904 g/mol. The molecular formula is C68H44N2O. The maximum absolute atomic E-state index is 6.51. The molecule has 0 atom stereocenters. The largest absolute Gasteiger partial charge is 0.455 e. The third-order valence-corrected chi connectivity index (χ3v) is 14.4. The molecule has 0 aliphatic heterocycles. The van der Waals surface area contributed by atoms with Crippen LogP contribution in [0.25, 0.3) is 115 Å². The number of rotatable bonds is 8. The minimum absolute atomic E-state index is 0.898. The Hall–Kier alpha value is -9.44. The summed E-state index contributed by atoms with van der Waals surface area (Å²) < 4.78 is 8.95. The van der Waals surface area contributed by atoms with E-state index in [0.29, 0.717) is 0 Å². The van der Waals surface area contributed by atoms with Gasteiger partial charge in [0.15, 0.2) is 0 Å². The van der Waals surface area contributed by atoms with Crippen molar-refractivity contribution in [3.05, 3.63) is 267 Å². The van der Waals surface area contributed by atoms with Crippen LogP contribution in [-0.4, -0.2) is 4.57 Å². The average Bonchev–Trinajstić information content (AvgIpc) is 4.00. The van der Waals surface area contributed by atoms with Crippen LogP contribution in [0.5, 0.6) is 0 Å². The molecule has 0 saturated heterocycles. The SMILES string of the molecule is c1ccc(-c2ccc(-c3ccc(N(c4ccc(-c5cccc6c5oc5ccccc56)cc4)c4cccc(-c5cc6ccccc6c6ccccc56)c4)cc3)c(-n3c4ccccc4c4ccccc43)c2)cc1. The molecule has 0 amide bonds. The van der Waals surface area contributed by atoms with Crippen molar-refractivity contribution in [3.8, 4) is 50.2 Å². The van der Waals surface area contributed by atoms with E-state index in [-0.39, 0.29) is 0 Å². The van der Waals surface area contributed by atoms with E-state index < -0.39 is 0 Å². The summed E-state index contributed by atoms with van der Waals surface area (Å²) in [6, 6.07) is 96.8. The number of para-hydroxylation sites is 4. The summed E-state index contributed by atoms with van der Waals surface area (Å²) in [5, 5.41) is 9.72. The van der Waals surface area contributed by atoms with Gasteiger partial charge in [-0.05, 0) is 122 Å². The van der Waals surface area contributed by atoms with E-state index in [0.717, 1.165) is 72.5 Å². The molecule has 0 unspecified atom stereocenters. The Morgan fingerprint density at radius 3 is 1.56 bits per heavy atom. The van der Waals surface area contributed by atoms with Gasteiger partial charge in [0.05, 0.1) is 16.7 Å². The molecule has 0 radical (unpaired) electrons. The van der Waals surface area contributed by atoms with Crippen molar-refractivity contribution in [2.45, 2.75) is 0 Å². The first-order chi connectivity index (χ1) is 35.2. The van der Waals surface area contributed by atoms with Crippen LogP contribution in [0, 0.1) is 0 Å². The molecule has 12 aromatic carbocycles. The molecule has 71 heavy (non-hydrogen) atoms. The quantitative estimate of drug-likeness (QED) is 0.142. The van der Waals surface area contributed by atoms with E-state index >= 15 is 0 Å². The number of furan rings is 1. The van der Waals surface area contributed by atoms with E-state index in [1.54, 1.807) is 0 Å². The molecule has 332 valence electrons. The van der Waals surface area contributed by atoms with Crippen molar-refractivity contribution in [1.29, 1.82) is 0 Å².